The van der Waals surface area contributed by atoms with Gasteiger partial charge in [-0.25, -0.2) is 9.78 Å². The molecule has 4 heteroatoms. The molecule has 25 heavy (non-hydrogen) atoms. The van der Waals surface area contributed by atoms with Gasteiger partial charge < -0.3 is 5.11 Å². The van der Waals surface area contributed by atoms with Gasteiger partial charge in [-0.1, -0.05) is 61.1 Å². The van der Waals surface area contributed by atoms with Gasteiger partial charge in [-0.2, -0.15) is 0 Å². The summed E-state index contributed by atoms with van der Waals surface area (Å²) in [7, 11) is 0. The Balaban J connectivity index is 1.84. The van der Waals surface area contributed by atoms with E-state index in [-0.39, 0.29) is 18.4 Å². The second-order valence-electron chi connectivity index (χ2n) is 7.25. The molecule has 0 spiro atoms. The first-order valence-electron chi connectivity index (χ1n) is 8.80. The molecular formula is C21H28O4. The Morgan fingerprint density at radius 3 is 2.72 bits per heavy atom. The van der Waals surface area contributed by atoms with E-state index >= 15 is 0 Å². The van der Waals surface area contributed by atoms with Gasteiger partial charge in [0.05, 0.1) is 6.42 Å². The van der Waals surface area contributed by atoms with Gasteiger partial charge in [-0.05, 0) is 38.2 Å². The fraction of sp³-hybridized carbons (Fsp3) is 0.476. The minimum atomic E-state index is -0.858. The fourth-order valence-corrected chi connectivity index (χ4v) is 3.33. The van der Waals surface area contributed by atoms with Crippen molar-refractivity contribution in [2.45, 2.75) is 58.2 Å². The van der Waals surface area contributed by atoms with Crippen molar-refractivity contribution in [2.75, 3.05) is 0 Å². The van der Waals surface area contributed by atoms with E-state index in [0.29, 0.717) is 0 Å². The first-order chi connectivity index (χ1) is 11.9. The topological polar surface area (TPSA) is 55.8 Å². The molecule has 1 aliphatic rings. The maximum atomic E-state index is 10.8. The molecule has 0 amide bonds. The van der Waals surface area contributed by atoms with E-state index in [1.54, 1.807) is 0 Å². The highest BCUT2D eigenvalue weighted by molar-refractivity contribution is 5.67. The molecule has 1 aromatic rings. The zero-order valence-electron chi connectivity index (χ0n) is 15.3. The largest absolute Gasteiger partial charge is 0.481 e. The van der Waals surface area contributed by atoms with Crippen molar-refractivity contribution in [3.05, 3.63) is 59.7 Å². The quantitative estimate of drug-likeness (QED) is 0.575. The molecule has 0 radical (unpaired) electrons. The van der Waals surface area contributed by atoms with E-state index in [1.165, 1.54) is 11.1 Å². The first-order valence-corrected chi connectivity index (χ1v) is 8.80. The lowest BCUT2D eigenvalue weighted by Crippen LogP contribution is -2.43. The van der Waals surface area contributed by atoms with E-state index in [2.05, 4.69) is 37.3 Å². The minimum absolute atomic E-state index is 0.0196. The van der Waals surface area contributed by atoms with Crippen LogP contribution in [0.2, 0.25) is 0 Å². The van der Waals surface area contributed by atoms with Crippen LogP contribution in [0.15, 0.2) is 54.1 Å². The third kappa shape index (κ3) is 6.48. The normalized spacial score (nSPS) is 27.6. The van der Waals surface area contributed by atoms with E-state index in [4.69, 9.17) is 14.9 Å². The Labute approximate surface area is 150 Å². The van der Waals surface area contributed by atoms with Gasteiger partial charge in [-0.3, -0.25) is 4.79 Å². The Bertz CT molecular complexity index is 620. The summed E-state index contributed by atoms with van der Waals surface area (Å²) >= 11 is 0. The number of benzene rings is 1. The molecule has 0 aromatic heterocycles. The standard InChI is InChI=1S/C21H28O4/c1-16(9-7-8-12-18-10-5-4-6-11-18)14-21(3)15-17(2)19(24-25-21)13-20(22)23/h4-11,17,19H,12-15H2,1-3H3,(H,22,23)/b8-7+,16-9+/t17-,19+,21+/m1/s1. The lowest BCUT2D eigenvalue weighted by Gasteiger charge is -2.39. The van der Waals surface area contributed by atoms with Crippen molar-refractivity contribution in [3.8, 4) is 0 Å². The molecule has 0 unspecified atom stereocenters. The summed E-state index contributed by atoms with van der Waals surface area (Å²) in [5.41, 5.74) is 2.08. The molecule has 0 bridgehead atoms. The number of hydrogen-bond acceptors (Lipinski definition) is 3. The van der Waals surface area contributed by atoms with Crippen LogP contribution in [0.4, 0.5) is 0 Å². The van der Waals surface area contributed by atoms with Gasteiger partial charge in [0.1, 0.15) is 11.7 Å². The third-order valence-corrected chi connectivity index (χ3v) is 4.50. The predicted octanol–water partition coefficient (Wildman–Crippen LogP) is 4.71. The summed E-state index contributed by atoms with van der Waals surface area (Å²) in [6, 6.07) is 10.3. The summed E-state index contributed by atoms with van der Waals surface area (Å²) in [5.74, 6) is -0.708. The molecule has 1 heterocycles. The summed E-state index contributed by atoms with van der Waals surface area (Å²) < 4.78 is 0. The highest BCUT2D eigenvalue weighted by Crippen LogP contribution is 2.36. The second kappa shape index (κ2) is 8.97. The Morgan fingerprint density at radius 2 is 2.08 bits per heavy atom. The van der Waals surface area contributed by atoms with Gasteiger partial charge in [0, 0.05) is 6.42 Å². The van der Waals surface area contributed by atoms with Gasteiger partial charge in [0.15, 0.2) is 0 Å². The second-order valence-corrected chi connectivity index (χ2v) is 7.25. The van der Waals surface area contributed by atoms with Crippen LogP contribution >= 0.6 is 0 Å². The number of hydrogen-bond donors (Lipinski definition) is 1. The molecule has 2 rings (SSSR count). The van der Waals surface area contributed by atoms with E-state index < -0.39 is 11.6 Å². The minimum Gasteiger partial charge on any atom is -0.481 e. The van der Waals surface area contributed by atoms with Crippen molar-refractivity contribution in [2.24, 2.45) is 5.92 Å². The van der Waals surface area contributed by atoms with Crippen LogP contribution in [0, 0.1) is 5.92 Å². The maximum absolute atomic E-state index is 10.8. The fourth-order valence-electron chi connectivity index (χ4n) is 3.33. The Kier molecular flexibility index (Phi) is 6.97. The van der Waals surface area contributed by atoms with Crippen molar-refractivity contribution >= 4 is 5.97 Å². The Morgan fingerprint density at radius 1 is 1.36 bits per heavy atom. The molecule has 1 aromatic carbocycles. The van der Waals surface area contributed by atoms with Gasteiger partial charge >= 0.3 is 5.97 Å². The first kappa shape index (κ1) is 19.4. The van der Waals surface area contributed by atoms with Crippen LogP contribution in [0.3, 0.4) is 0 Å². The molecule has 3 atom stereocenters. The van der Waals surface area contributed by atoms with Crippen molar-refractivity contribution in [1.82, 2.24) is 0 Å². The lowest BCUT2D eigenvalue weighted by atomic mass is 9.83. The monoisotopic (exact) mass is 344 g/mol. The number of carbonyl (C=O) groups is 1. The number of carboxylic acids is 1. The molecule has 1 N–H and O–H groups in total. The van der Waals surface area contributed by atoms with Crippen LogP contribution in [0.25, 0.3) is 0 Å². The van der Waals surface area contributed by atoms with Gasteiger partial charge in [-0.15, -0.1) is 0 Å². The zero-order valence-corrected chi connectivity index (χ0v) is 15.3. The molecule has 0 aliphatic carbocycles. The van der Waals surface area contributed by atoms with Crippen LogP contribution in [-0.4, -0.2) is 22.8 Å². The van der Waals surface area contributed by atoms with Crippen molar-refractivity contribution in [3.63, 3.8) is 0 Å². The molecule has 1 aliphatic heterocycles. The molecule has 4 nitrogen and oxygen atoms in total. The maximum Gasteiger partial charge on any atom is 0.306 e. The van der Waals surface area contributed by atoms with Crippen molar-refractivity contribution < 1.29 is 19.7 Å². The van der Waals surface area contributed by atoms with Gasteiger partial charge in [0.2, 0.25) is 0 Å². The Hall–Kier alpha value is -1.91. The van der Waals surface area contributed by atoms with Crippen LogP contribution < -0.4 is 0 Å². The summed E-state index contributed by atoms with van der Waals surface area (Å²) in [4.78, 5) is 21.8. The predicted molar refractivity (Wildman–Crippen MR) is 98.1 cm³/mol. The summed E-state index contributed by atoms with van der Waals surface area (Å²) in [5, 5.41) is 8.91. The highest BCUT2D eigenvalue weighted by atomic mass is 17.2. The number of carboxylic acid groups (broad SMARTS) is 1. The van der Waals surface area contributed by atoms with E-state index in [9.17, 15) is 4.79 Å². The van der Waals surface area contributed by atoms with Crippen LogP contribution in [0.5, 0.6) is 0 Å². The van der Waals surface area contributed by atoms with E-state index in [0.717, 1.165) is 19.3 Å². The smallest absolute Gasteiger partial charge is 0.306 e. The number of aliphatic carboxylic acids is 1. The molecule has 136 valence electrons. The number of rotatable bonds is 7. The average molecular weight is 344 g/mol. The van der Waals surface area contributed by atoms with Crippen molar-refractivity contribution in [1.29, 1.82) is 0 Å². The lowest BCUT2D eigenvalue weighted by molar-refractivity contribution is -0.415. The molecular weight excluding hydrogens is 316 g/mol. The van der Waals surface area contributed by atoms with E-state index in [1.807, 2.05) is 32.0 Å². The highest BCUT2D eigenvalue weighted by Gasteiger charge is 2.39. The molecule has 1 fully saturated rings. The van der Waals surface area contributed by atoms with Gasteiger partial charge in [0.25, 0.3) is 0 Å². The zero-order chi connectivity index (χ0) is 18.3. The number of allylic oxidation sites excluding steroid dienone is 3. The summed E-state index contributed by atoms with van der Waals surface area (Å²) in [6.45, 7) is 6.12. The van der Waals surface area contributed by atoms with Crippen LogP contribution in [-0.2, 0) is 21.0 Å². The summed E-state index contributed by atoms with van der Waals surface area (Å²) in [6.07, 6.45) is 8.38. The third-order valence-electron chi connectivity index (χ3n) is 4.50. The average Bonchev–Trinajstić information content (AvgIpc) is 2.55. The van der Waals surface area contributed by atoms with Crippen LogP contribution in [0.1, 0.15) is 45.6 Å². The SMILES string of the molecule is C/C(=C\C=C\Cc1ccccc1)C[C@@]1(C)C[C@@H](C)[C@H](CC(=O)O)OO1. The molecule has 1 saturated heterocycles. The molecule has 0 saturated carbocycles.